The van der Waals surface area contributed by atoms with E-state index >= 15 is 0 Å². The molecule has 0 unspecified atom stereocenters. The first-order chi connectivity index (χ1) is 12.2. The summed E-state index contributed by atoms with van der Waals surface area (Å²) in [5.74, 6) is 0. The number of benzene rings is 2. The molecule has 0 spiro atoms. The van der Waals surface area contributed by atoms with E-state index in [-0.39, 0.29) is 6.61 Å². The van der Waals surface area contributed by atoms with Gasteiger partial charge in [0.25, 0.3) is 0 Å². The molecule has 0 saturated carbocycles. The zero-order valence-corrected chi connectivity index (χ0v) is 15.3. The van der Waals surface area contributed by atoms with E-state index in [0.717, 1.165) is 16.7 Å². The van der Waals surface area contributed by atoms with Crippen LogP contribution >= 0.6 is 11.6 Å². The topological polar surface area (TPSA) is 52.4 Å². The number of hydrogen-bond donors (Lipinski definition) is 0. The van der Waals surface area contributed by atoms with E-state index in [9.17, 15) is 0 Å². The SMILES string of the molecule is COC/C(=N\OCc1c(Cl)cccc1/C(C)=N\OC)c1ccccc1. The molecule has 0 heterocycles. The molecule has 0 aromatic heterocycles. The number of halogens is 1. The number of methoxy groups -OCH3 is 1. The second kappa shape index (κ2) is 9.81. The Labute approximate surface area is 152 Å². The van der Waals surface area contributed by atoms with Gasteiger partial charge < -0.3 is 14.4 Å². The molecule has 0 aliphatic carbocycles. The zero-order chi connectivity index (χ0) is 18.1. The van der Waals surface area contributed by atoms with Crippen LogP contribution in [0.25, 0.3) is 0 Å². The van der Waals surface area contributed by atoms with Crippen LogP contribution in [0.15, 0.2) is 58.8 Å². The zero-order valence-electron chi connectivity index (χ0n) is 14.5. The first-order valence-electron chi connectivity index (χ1n) is 7.76. The highest BCUT2D eigenvalue weighted by Gasteiger charge is 2.11. The van der Waals surface area contributed by atoms with Crippen molar-refractivity contribution in [2.24, 2.45) is 10.3 Å². The van der Waals surface area contributed by atoms with Crippen molar-refractivity contribution in [2.75, 3.05) is 20.8 Å². The molecule has 25 heavy (non-hydrogen) atoms. The van der Waals surface area contributed by atoms with Crippen molar-refractivity contribution in [2.45, 2.75) is 13.5 Å². The van der Waals surface area contributed by atoms with Crippen molar-refractivity contribution in [3.63, 3.8) is 0 Å². The van der Waals surface area contributed by atoms with E-state index in [4.69, 9.17) is 26.0 Å². The molecule has 0 saturated heterocycles. The average Bonchev–Trinajstić information content (AvgIpc) is 2.63. The monoisotopic (exact) mass is 360 g/mol. The van der Waals surface area contributed by atoms with Gasteiger partial charge in [0.1, 0.15) is 19.4 Å². The number of nitrogens with zero attached hydrogens (tertiary/aromatic N) is 2. The molecule has 0 atom stereocenters. The first-order valence-corrected chi connectivity index (χ1v) is 8.13. The quantitative estimate of drug-likeness (QED) is 0.521. The molecule has 2 rings (SSSR count). The van der Waals surface area contributed by atoms with Gasteiger partial charge in [-0.15, -0.1) is 0 Å². The summed E-state index contributed by atoms with van der Waals surface area (Å²) in [5, 5.41) is 8.78. The summed E-state index contributed by atoms with van der Waals surface area (Å²) in [5.41, 5.74) is 4.03. The minimum absolute atomic E-state index is 0.214. The largest absolute Gasteiger partial charge is 0.399 e. The molecule has 132 valence electrons. The van der Waals surface area contributed by atoms with Crippen molar-refractivity contribution < 1.29 is 14.4 Å². The molecule has 6 heteroatoms. The van der Waals surface area contributed by atoms with E-state index < -0.39 is 0 Å². The molecule has 0 radical (unpaired) electrons. The Morgan fingerprint density at radius 2 is 1.76 bits per heavy atom. The summed E-state index contributed by atoms with van der Waals surface area (Å²) < 4.78 is 5.21. The number of ether oxygens (including phenoxy) is 1. The maximum Gasteiger partial charge on any atom is 0.144 e. The molecule has 0 fully saturated rings. The summed E-state index contributed by atoms with van der Waals surface area (Å²) in [4.78, 5) is 10.4. The van der Waals surface area contributed by atoms with E-state index in [1.54, 1.807) is 13.2 Å². The fourth-order valence-corrected chi connectivity index (χ4v) is 2.56. The van der Waals surface area contributed by atoms with Gasteiger partial charge >= 0.3 is 0 Å². The Kier molecular flexibility index (Phi) is 7.44. The highest BCUT2D eigenvalue weighted by molar-refractivity contribution is 6.32. The van der Waals surface area contributed by atoms with Crippen molar-refractivity contribution in [1.29, 1.82) is 0 Å². The highest BCUT2D eigenvalue weighted by Crippen LogP contribution is 2.22. The van der Waals surface area contributed by atoms with Gasteiger partial charge in [-0.3, -0.25) is 0 Å². The van der Waals surface area contributed by atoms with Crippen molar-refractivity contribution in [3.05, 3.63) is 70.2 Å². The Bertz CT molecular complexity index is 746. The van der Waals surface area contributed by atoms with E-state index in [0.29, 0.717) is 23.1 Å². The molecule has 0 amide bonds. The summed E-state index contributed by atoms with van der Waals surface area (Å²) in [7, 11) is 3.13. The molecule has 0 aliphatic rings. The molecule has 2 aromatic rings. The fraction of sp³-hybridized carbons (Fsp3) is 0.263. The molecule has 0 bridgehead atoms. The van der Waals surface area contributed by atoms with Crippen LogP contribution in [0.2, 0.25) is 5.02 Å². The second-order valence-corrected chi connectivity index (χ2v) is 5.64. The molecular weight excluding hydrogens is 340 g/mol. The van der Waals surface area contributed by atoms with Gasteiger partial charge in [-0.25, -0.2) is 0 Å². The maximum atomic E-state index is 6.32. The van der Waals surface area contributed by atoms with E-state index in [1.807, 2.05) is 49.4 Å². The van der Waals surface area contributed by atoms with Crippen LogP contribution in [0, 0.1) is 0 Å². The lowest BCUT2D eigenvalue weighted by molar-refractivity contribution is 0.127. The summed E-state index contributed by atoms with van der Waals surface area (Å²) in [6.45, 7) is 2.41. The van der Waals surface area contributed by atoms with Gasteiger partial charge in [-0.05, 0) is 13.0 Å². The van der Waals surface area contributed by atoms with Crippen LogP contribution in [0.4, 0.5) is 0 Å². The molecule has 5 nitrogen and oxygen atoms in total. The van der Waals surface area contributed by atoms with Crippen molar-refractivity contribution in [3.8, 4) is 0 Å². The highest BCUT2D eigenvalue weighted by atomic mass is 35.5. The van der Waals surface area contributed by atoms with Crippen LogP contribution in [0.1, 0.15) is 23.6 Å². The van der Waals surface area contributed by atoms with E-state index in [2.05, 4.69) is 10.3 Å². The third-order valence-corrected chi connectivity index (χ3v) is 3.86. The minimum atomic E-state index is 0.214. The van der Waals surface area contributed by atoms with Crippen LogP contribution in [0.3, 0.4) is 0 Å². The molecule has 0 aliphatic heterocycles. The lowest BCUT2D eigenvalue weighted by atomic mass is 10.0. The van der Waals surface area contributed by atoms with Crippen molar-refractivity contribution in [1.82, 2.24) is 0 Å². The molecule has 2 aromatic carbocycles. The first kappa shape index (κ1) is 19.0. The van der Waals surface area contributed by atoms with Gasteiger partial charge in [0.15, 0.2) is 0 Å². The number of rotatable bonds is 8. The minimum Gasteiger partial charge on any atom is -0.399 e. The number of hydrogen-bond acceptors (Lipinski definition) is 5. The Morgan fingerprint density at radius 1 is 1.00 bits per heavy atom. The Morgan fingerprint density at radius 3 is 2.44 bits per heavy atom. The van der Waals surface area contributed by atoms with Gasteiger partial charge in [0, 0.05) is 28.8 Å². The molecular formula is C19H21ClN2O3. The van der Waals surface area contributed by atoms with Gasteiger partial charge in [-0.2, -0.15) is 0 Å². The summed E-state index contributed by atoms with van der Waals surface area (Å²) in [6.07, 6.45) is 0. The summed E-state index contributed by atoms with van der Waals surface area (Å²) >= 11 is 6.32. The second-order valence-electron chi connectivity index (χ2n) is 5.24. The van der Waals surface area contributed by atoms with Crippen molar-refractivity contribution >= 4 is 23.0 Å². The lowest BCUT2D eigenvalue weighted by Gasteiger charge is -2.11. The molecule has 0 N–H and O–H groups in total. The van der Waals surface area contributed by atoms with Gasteiger partial charge in [0.2, 0.25) is 0 Å². The lowest BCUT2D eigenvalue weighted by Crippen LogP contribution is -2.10. The predicted molar refractivity (Wildman–Crippen MR) is 100 cm³/mol. The Hall–Kier alpha value is -2.37. The standard InChI is InChI=1S/C19H21ClN2O3/c1-14(21-24-3)16-10-7-11-18(20)17(16)12-25-22-19(13-23-2)15-8-5-4-6-9-15/h4-11H,12-13H2,1-3H3/b21-14-,22-19+. The van der Waals surface area contributed by atoms with Crippen LogP contribution in [-0.4, -0.2) is 32.2 Å². The van der Waals surface area contributed by atoms with Crippen LogP contribution < -0.4 is 0 Å². The van der Waals surface area contributed by atoms with E-state index in [1.165, 1.54) is 7.11 Å². The number of oxime groups is 2. The Balaban J connectivity index is 2.21. The normalized spacial score (nSPS) is 12.2. The smallest absolute Gasteiger partial charge is 0.144 e. The third-order valence-electron chi connectivity index (χ3n) is 3.51. The predicted octanol–water partition coefficient (Wildman–Crippen LogP) is 4.28. The van der Waals surface area contributed by atoms with Crippen LogP contribution in [0.5, 0.6) is 0 Å². The van der Waals surface area contributed by atoms with Crippen LogP contribution in [-0.2, 0) is 21.0 Å². The summed E-state index contributed by atoms with van der Waals surface area (Å²) in [6, 6.07) is 15.3. The van der Waals surface area contributed by atoms with Gasteiger partial charge in [0.05, 0.1) is 12.3 Å². The third kappa shape index (κ3) is 5.31. The fourth-order valence-electron chi connectivity index (χ4n) is 2.33. The average molecular weight is 361 g/mol. The maximum absolute atomic E-state index is 6.32. The van der Waals surface area contributed by atoms with Gasteiger partial charge in [-0.1, -0.05) is 64.4 Å².